The zero-order valence-corrected chi connectivity index (χ0v) is 11.3. The lowest BCUT2D eigenvalue weighted by atomic mass is 9.94. The molecular weight excluding hydrogens is 250 g/mol. The Kier molecular flexibility index (Phi) is 3.92. The SMILES string of the molecule is COc1ccc(CC(N)C2CCS(=O)(=O)C2)cc1. The van der Waals surface area contributed by atoms with Crippen molar-refractivity contribution >= 4 is 9.84 Å². The van der Waals surface area contributed by atoms with Crippen molar-refractivity contribution in [2.75, 3.05) is 18.6 Å². The molecule has 0 radical (unpaired) electrons. The van der Waals surface area contributed by atoms with Crippen LogP contribution in [0.25, 0.3) is 0 Å². The van der Waals surface area contributed by atoms with Crippen LogP contribution in [0.4, 0.5) is 0 Å². The monoisotopic (exact) mass is 269 g/mol. The summed E-state index contributed by atoms with van der Waals surface area (Å²) in [5, 5.41) is 0. The van der Waals surface area contributed by atoms with Gasteiger partial charge in [0.05, 0.1) is 18.6 Å². The van der Waals surface area contributed by atoms with E-state index in [2.05, 4.69) is 0 Å². The summed E-state index contributed by atoms with van der Waals surface area (Å²) in [5.41, 5.74) is 7.23. The van der Waals surface area contributed by atoms with Crippen molar-refractivity contribution in [1.29, 1.82) is 0 Å². The van der Waals surface area contributed by atoms with Crippen LogP contribution in [-0.4, -0.2) is 33.1 Å². The first-order valence-corrected chi connectivity index (χ1v) is 7.91. The highest BCUT2D eigenvalue weighted by atomic mass is 32.2. The molecule has 2 rings (SSSR count). The quantitative estimate of drug-likeness (QED) is 0.885. The van der Waals surface area contributed by atoms with Crippen LogP contribution in [0, 0.1) is 5.92 Å². The highest BCUT2D eigenvalue weighted by Crippen LogP contribution is 2.23. The summed E-state index contributed by atoms with van der Waals surface area (Å²) in [6, 6.07) is 7.65. The Hall–Kier alpha value is -1.07. The lowest BCUT2D eigenvalue weighted by molar-refractivity contribution is 0.414. The van der Waals surface area contributed by atoms with Gasteiger partial charge in [0.25, 0.3) is 0 Å². The van der Waals surface area contributed by atoms with E-state index in [4.69, 9.17) is 10.5 Å². The van der Waals surface area contributed by atoms with Gasteiger partial charge >= 0.3 is 0 Å². The van der Waals surface area contributed by atoms with Crippen LogP contribution in [0.15, 0.2) is 24.3 Å². The van der Waals surface area contributed by atoms with Gasteiger partial charge in [0.15, 0.2) is 9.84 Å². The van der Waals surface area contributed by atoms with Gasteiger partial charge < -0.3 is 10.5 Å². The van der Waals surface area contributed by atoms with Gasteiger partial charge in [-0.2, -0.15) is 0 Å². The van der Waals surface area contributed by atoms with E-state index >= 15 is 0 Å². The maximum Gasteiger partial charge on any atom is 0.150 e. The molecule has 1 aromatic carbocycles. The first kappa shape index (κ1) is 13.4. The number of ether oxygens (including phenoxy) is 1. The van der Waals surface area contributed by atoms with E-state index in [0.29, 0.717) is 12.8 Å². The Morgan fingerprint density at radius 1 is 1.39 bits per heavy atom. The Morgan fingerprint density at radius 2 is 2.06 bits per heavy atom. The average molecular weight is 269 g/mol. The second kappa shape index (κ2) is 5.28. The third-order valence-electron chi connectivity index (χ3n) is 3.50. The molecule has 1 aromatic rings. The first-order chi connectivity index (χ1) is 8.50. The number of nitrogens with two attached hydrogens (primary N) is 1. The largest absolute Gasteiger partial charge is 0.497 e. The minimum atomic E-state index is -2.84. The number of sulfone groups is 1. The molecule has 0 spiro atoms. The number of methoxy groups -OCH3 is 1. The number of hydrogen-bond acceptors (Lipinski definition) is 4. The van der Waals surface area contributed by atoms with E-state index in [0.717, 1.165) is 11.3 Å². The Labute approximate surface area is 108 Å². The van der Waals surface area contributed by atoms with Gasteiger partial charge in [0.2, 0.25) is 0 Å². The van der Waals surface area contributed by atoms with Gasteiger partial charge in [-0.25, -0.2) is 8.42 Å². The maximum atomic E-state index is 11.4. The molecule has 1 aliphatic heterocycles. The van der Waals surface area contributed by atoms with Crippen LogP contribution < -0.4 is 10.5 Å². The van der Waals surface area contributed by atoms with E-state index in [1.807, 2.05) is 24.3 Å². The summed E-state index contributed by atoms with van der Waals surface area (Å²) >= 11 is 0. The Balaban J connectivity index is 1.96. The smallest absolute Gasteiger partial charge is 0.150 e. The molecule has 4 nitrogen and oxygen atoms in total. The van der Waals surface area contributed by atoms with E-state index < -0.39 is 9.84 Å². The third kappa shape index (κ3) is 3.23. The lowest BCUT2D eigenvalue weighted by Gasteiger charge is -2.17. The van der Waals surface area contributed by atoms with Crippen molar-refractivity contribution in [2.24, 2.45) is 11.7 Å². The summed E-state index contributed by atoms with van der Waals surface area (Å²) in [6.07, 6.45) is 1.41. The van der Waals surface area contributed by atoms with Crippen molar-refractivity contribution in [3.05, 3.63) is 29.8 Å². The Morgan fingerprint density at radius 3 is 2.56 bits per heavy atom. The molecule has 2 atom stereocenters. The second-order valence-corrected chi connectivity index (χ2v) is 7.11. The molecule has 18 heavy (non-hydrogen) atoms. The van der Waals surface area contributed by atoms with E-state index in [9.17, 15) is 8.42 Å². The Bertz CT molecular complexity index is 495. The van der Waals surface area contributed by atoms with Gasteiger partial charge in [-0.3, -0.25) is 0 Å². The highest BCUT2D eigenvalue weighted by Gasteiger charge is 2.31. The molecule has 1 saturated heterocycles. The van der Waals surface area contributed by atoms with E-state index in [1.165, 1.54) is 0 Å². The molecule has 0 amide bonds. The van der Waals surface area contributed by atoms with Gasteiger partial charge in [0.1, 0.15) is 5.75 Å². The summed E-state index contributed by atoms with van der Waals surface area (Å²) in [7, 11) is -1.21. The molecule has 0 aromatic heterocycles. The zero-order chi connectivity index (χ0) is 13.2. The molecule has 0 saturated carbocycles. The van der Waals surface area contributed by atoms with Gasteiger partial charge in [-0.15, -0.1) is 0 Å². The van der Waals surface area contributed by atoms with E-state index in [1.54, 1.807) is 7.11 Å². The van der Waals surface area contributed by atoms with Gasteiger partial charge in [0, 0.05) is 6.04 Å². The summed E-state index contributed by atoms with van der Waals surface area (Å²) in [6.45, 7) is 0. The number of hydrogen-bond donors (Lipinski definition) is 1. The minimum Gasteiger partial charge on any atom is -0.497 e. The van der Waals surface area contributed by atoms with Crippen LogP contribution in [0.2, 0.25) is 0 Å². The molecule has 5 heteroatoms. The van der Waals surface area contributed by atoms with Crippen molar-refractivity contribution < 1.29 is 13.2 Å². The molecule has 0 bridgehead atoms. The van der Waals surface area contributed by atoms with Gasteiger partial charge in [-0.1, -0.05) is 12.1 Å². The molecular formula is C13H19NO3S. The molecule has 1 fully saturated rings. The molecule has 1 aliphatic rings. The fourth-order valence-corrected chi connectivity index (χ4v) is 4.26. The van der Waals surface area contributed by atoms with Crippen molar-refractivity contribution in [3.8, 4) is 5.75 Å². The second-order valence-electron chi connectivity index (χ2n) is 4.88. The van der Waals surface area contributed by atoms with Crippen molar-refractivity contribution in [3.63, 3.8) is 0 Å². The van der Waals surface area contributed by atoms with Crippen LogP contribution in [0.1, 0.15) is 12.0 Å². The van der Waals surface area contributed by atoms with Crippen molar-refractivity contribution in [1.82, 2.24) is 0 Å². The molecule has 100 valence electrons. The summed E-state index contributed by atoms with van der Waals surface area (Å²) < 4.78 is 27.9. The molecule has 1 heterocycles. The van der Waals surface area contributed by atoms with Gasteiger partial charge in [-0.05, 0) is 36.5 Å². The molecule has 2 unspecified atom stereocenters. The number of benzene rings is 1. The summed E-state index contributed by atoms with van der Waals surface area (Å²) in [4.78, 5) is 0. The zero-order valence-electron chi connectivity index (χ0n) is 10.5. The third-order valence-corrected chi connectivity index (χ3v) is 5.30. The van der Waals surface area contributed by atoms with Crippen LogP contribution in [0.5, 0.6) is 5.75 Å². The standard InChI is InChI=1S/C13H19NO3S/c1-17-12-4-2-10(3-5-12)8-13(14)11-6-7-18(15,16)9-11/h2-5,11,13H,6-9,14H2,1H3. The average Bonchev–Trinajstić information content (AvgIpc) is 2.71. The van der Waals surface area contributed by atoms with E-state index in [-0.39, 0.29) is 23.5 Å². The normalized spacial score (nSPS) is 23.8. The maximum absolute atomic E-state index is 11.4. The first-order valence-electron chi connectivity index (χ1n) is 6.09. The summed E-state index contributed by atoms with van der Waals surface area (Å²) in [5.74, 6) is 1.44. The fourth-order valence-electron chi connectivity index (χ4n) is 2.36. The minimum absolute atomic E-state index is 0.0873. The van der Waals surface area contributed by atoms with Crippen LogP contribution in [0.3, 0.4) is 0 Å². The lowest BCUT2D eigenvalue weighted by Crippen LogP contribution is -2.33. The van der Waals surface area contributed by atoms with Crippen LogP contribution in [-0.2, 0) is 16.3 Å². The highest BCUT2D eigenvalue weighted by molar-refractivity contribution is 7.91. The predicted octanol–water partition coefficient (Wildman–Crippen LogP) is 1.000. The van der Waals surface area contributed by atoms with Crippen LogP contribution >= 0.6 is 0 Å². The topological polar surface area (TPSA) is 69.4 Å². The molecule has 2 N–H and O–H groups in total. The number of rotatable bonds is 4. The van der Waals surface area contributed by atoms with Crippen molar-refractivity contribution in [2.45, 2.75) is 18.9 Å². The molecule has 0 aliphatic carbocycles. The fraction of sp³-hybridized carbons (Fsp3) is 0.538. The predicted molar refractivity (Wildman–Crippen MR) is 71.4 cm³/mol.